The molecule has 0 bridgehead atoms. The molecule has 128 valence electrons. The number of amides is 1. The summed E-state index contributed by atoms with van der Waals surface area (Å²) in [6, 6.07) is 16.2. The number of carbonyl (C=O) groups excluding carboxylic acids is 1. The van der Waals surface area contributed by atoms with Gasteiger partial charge in [-0.05, 0) is 36.4 Å². The molecule has 3 rings (SSSR count). The van der Waals surface area contributed by atoms with E-state index >= 15 is 0 Å². The predicted molar refractivity (Wildman–Crippen MR) is 96.1 cm³/mol. The van der Waals surface area contributed by atoms with Crippen molar-refractivity contribution in [1.82, 2.24) is 0 Å². The maximum Gasteiger partial charge on any atom is 0.238 e. The van der Waals surface area contributed by atoms with E-state index in [0.29, 0.717) is 11.4 Å². The van der Waals surface area contributed by atoms with E-state index in [2.05, 4.69) is 15.1 Å². The Morgan fingerprint density at radius 1 is 1.04 bits per heavy atom. The number of benzene rings is 2. The largest absolute Gasteiger partial charge is 0.368 e. The van der Waals surface area contributed by atoms with Crippen LogP contribution in [0, 0.1) is 17.1 Å². The highest BCUT2D eigenvalue weighted by atomic mass is 19.1. The van der Waals surface area contributed by atoms with Gasteiger partial charge in [0.25, 0.3) is 0 Å². The average molecular weight is 338 g/mol. The Morgan fingerprint density at radius 3 is 2.32 bits per heavy atom. The zero-order valence-corrected chi connectivity index (χ0v) is 13.8. The molecule has 1 aliphatic rings. The van der Waals surface area contributed by atoms with Crippen molar-refractivity contribution in [2.75, 3.05) is 41.3 Å². The molecule has 6 heteroatoms. The summed E-state index contributed by atoms with van der Waals surface area (Å²) in [4.78, 5) is 15.7. The summed E-state index contributed by atoms with van der Waals surface area (Å²) in [6.45, 7) is 3.10. The Kier molecular flexibility index (Phi) is 5.14. The van der Waals surface area contributed by atoms with E-state index in [9.17, 15) is 9.18 Å². The molecule has 1 aliphatic heterocycles. The highest BCUT2D eigenvalue weighted by Gasteiger charge is 2.19. The molecule has 0 radical (unpaired) electrons. The van der Waals surface area contributed by atoms with Crippen LogP contribution in [-0.2, 0) is 4.79 Å². The van der Waals surface area contributed by atoms with E-state index in [1.165, 1.54) is 6.07 Å². The lowest BCUT2D eigenvalue weighted by atomic mass is 10.2. The summed E-state index contributed by atoms with van der Waals surface area (Å²) in [6.07, 6.45) is -0.153. The fourth-order valence-electron chi connectivity index (χ4n) is 2.95. The fraction of sp³-hybridized carbons (Fsp3) is 0.263. The van der Waals surface area contributed by atoms with Gasteiger partial charge >= 0.3 is 0 Å². The molecule has 0 spiro atoms. The average Bonchev–Trinajstić information content (AvgIpc) is 2.63. The molecule has 25 heavy (non-hydrogen) atoms. The quantitative estimate of drug-likeness (QED) is 0.931. The molecule has 1 heterocycles. The molecule has 1 saturated heterocycles. The Labute approximate surface area is 146 Å². The van der Waals surface area contributed by atoms with Crippen molar-refractivity contribution in [1.29, 1.82) is 5.26 Å². The molecule has 0 atom stereocenters. The smallest absolute Gasteiger partial charge is 0.238 e. The standard InChI is InChI=1S/C19H19FN4O/c20-17-3-1-2-4-18(17)24-13-11-23(12-14-24)16-7-5-15(6-8-16)22-19(25)9-10-21/h1-8H,9,11-14H2,(H,22,25). The third-order valence-corrected chi connectivity index (χ3v) is 4.23. The van der Waals surface area contributed by atoms with E-state index < -0.39 is 0 Å². The second kappa shape index (κ2) is 7.67. The number of nitrogens with one attached hydrogen (secondary N) is 1. The van der Waals surface area contributed by atoms with Crippen LogP contribution in [0.3, 0.4) is 0 Å². The van der Waals surface area contributed by atoms with Crippen LogP contribution < -0.4 is 15.1 Å². The van der Waals surface area contributed by atoms with Gasteiger partial charge in [-0.3, -0.25) is 4.79 Å². The molecule has 2 aromatic rings. The number of halogens is 1. The first-order valence-corrected chi connectivity index (χ1v) is 8.18. The van der Waals surface area contributed by atoms with Crippen molar-refractivity contribution < 1.29 is 9.18 Å². The summed E-state index contributed by atoms with van der Waals surface area (Å²) in [7, 11) is 0. The normalized spacial score (nSPS) is 14.1. The molecule has 1 N–H and O–H groups in total. The zero-order valence-electron chi connectivity index (χ0n) is 13.8. The van der Waals surface area contributed by atoms with Crippen LogP contribution in [0.4, 0.5) is 21.5 Å². The minimum atomic E-state index is -0.311. The van der Waals surface area contributed by atoms with Gasteiger partial charge in [0.1, 0.15) is 12.2 Å². The molecule has 0 aliphatic carbocycles. The van der Waals surface area contributed by atoms with Gasteiger partial charge < -0.3 is 15.1 Å². The van der Waals surface area contributed by atoms with Crippen LogP contribution in [0.25, 0.3) is 0 Å². The first-order chi connectivity index (χ1) is 12.2. The van der Waals surface area contributed by atoms with Crippen molar-refractivity contribution in [2.45, 2.75) is 6.42 Å². The number of hydrogen-bond acceptors (Lipinski definition) is 4. The van der Waals surface area contributed by atoms with Crippen molar-refractivity contribution in [3.8, 4) is 6.07 Å². The third-order valence-electron chi connectivity index (χ3n) is 4.23. The molecule has 1 fully saturated rings. The van der Waals surface area contributed by atoms with Crippen LogP contribution in [0.2, 0.25) is 0 Å². The third kappa shape index (κ3) is 4.07. The molecule has 2 aromatic carbocycles. The van der Waals surface area contributed by atoms with Gasteiger partial charge in [-0.25, -0.2) is 4.39 Å². The fourth-order valence-corrected chi connectivity index (χ4v) is 2.95. The molecular weight excluding hydrogens is 319 g/mol. The second-order valence-corrected chi connectivity index (χ2v) is 5.86. The van der Waals surface area contributed by atoms with E-state index in [-0.39, 0.29) is 18.1 Å². The number of piperazine rings is 1. The van der Waals surface area contributed by atoms with Gasteiger partial charge in [0.05, 0.1) is 11.8 Å². The number of anilines is 3. The van der Waals surface area contributed by atoms with E-state index in [4.69, 9.17) is 5.26 Å². The van der Waals surface area contributed by atoms with Gasteiger partial charge in [0.15, 0.2) is 0 Å². The summed E-state index contributed by atoms with van der Waals surface area (Å²) < 4.78 is 13.9. The lowest BCUT2D eigenvalue weighted by molar-refractivity contribution is -0.115. The predicted octanol–water partition coefficient (Wildman–Crippen LogP) is 3.00. The molecule has 0 saturated carbocycles. The highest BCUT2D eigenvalue weighted by Crippen LogP contribution is 2.23. The number of nitriles is 1. The second-order valence-electron chi connectivity index (χ2n) is 5.86. The number of hydrogen-bond donors (Lipinski definition) is 1. The summed E-state index contributed by atoms with van der Waals surface area (Å²) in [5, 5.41) is 11.2. The van der Waals surface area contributed by atoms with E-state index in [1.807, 2.05) is 42.5 Å². The van der Waals surface area contributed by atoms with Crippen LogP contribution in [-0.4, -0.2) is 32.1 Å². The van der Waals surface area contributed by atoms with Gasteiger partial charge in [0, 0.05) is 37.6 Å². The molecule has 0 unspecified atom stereocenters. The van der Waals surface area contributed by atoms with Crippen LogP contribution >= 0.6 is 0 Å². The van der Waals surface area contributed by atoms with E-state index in [0.717, 1.165) is 31.9 Å². The Balaban J connectivity index is 1.59. The van der Waals surface area contributed by atoms with Gasteiger partial charge in [0.2, 0.25) is 5.91 Å². The molecule has 1 amide bonds. The Hall–Kier alpha value is -3.07. The lowest BCUT2D eigenvalue weighted by Gasteiger charge is -2.37. The maximum absolute atomic E-state index is 13.9. The Morgan fingerprint density at radius 2 is 1.68 bits per heavy atom. The topological polar surface area (TPSA) is 59.4 Å². The number of rotatable bonds is 4. The molecule has 5 nitrogen and oxygen atoms in total. The van der Waals surface area contributed by atoms with E-state index in [1.54, 1.807) is 6.07 Å². The van der Waals surface area contributed by atoms with Crippen LogP contribution in [0.15, 0.2) is 48.5 Å². The van der Waals surface area contributed by atoms with Crippen molar-refractivity contribution in [3.05, 3.63) is 54.3 Å². The van der Waals surface area contributed by atoms with Crippen molar-refractivity contribution in [2.24, 2.45) is 0 Å². The van der Waals surface area contributed by atoms with Gasteiger partial charge in [-0.2, -0.15) is 5.26 Å². The maximum atomic E-state index is 13.9. The van der Waals surface area contributed by atoms with Gasteiger partial charge in [-0.15, -0.1) is 0 Å². The number of carbonyl (C=O) groups is 1. The SMILES string of the molecule is N#CCC(=O)Nc1ccc(N2CCN(c3ccccc3F)CC2)cc1. The lowest BCUT2D eigenvalue weighted by Crippen LogP contribution is -2.46. The highest BCUT2D eigenvalue weighted by molar-refractivity contribution is 5.92. The monoisotopic (exact) mass is 338 g/mol. The summed E-state index contributed by atoms with van der Waals surface area (Å²) >= 11 is 0. The van der Waals surface area contributed by atoms with Gasteiger partial charge in [-0.1, -0.05) is 12.1 Å². The minimum Gasteiger partial charge on any atom is -0.368 e. The molecular formula is C19H19FN4O. The summed E-state index contributed by atoms with van der Waals surface area (Å²) in [5.74, 6) is -0.498. The Bertz CT molecular complexity index is 777. The first kappa shape index (κ1) is 16.8. The van der Waals surface area contributed by atoms with Crippen molar-refractivity contribution >= 4 is 23.0 Å². The minimum absolute atomic E-state index is 0.153. The summed E-state index contributed by atoms with van der Waals surface area (Å²) in [5.41, 5.74) is 2.39. The van der Waals surface area contributed by atoms with Crippen LogP contribution in [0.5, 0.6) is 0 Å². The first-order valence-electron chi connectivity index (χ1n) is 8.18. The number of para-hydroxylation sites is 1. The number of nitrogens with zero attached hydrogens (tertiary/aromatic N) is 3. The van der Waals surface area contributed by atoms with Crippen LogP contribution in [0.1, 0.15) is 6.42 Å². The molecule has 0 aromatic heterocycles. The zero-order chi connectivity index (χ0) is 17.6. The van der Waals surface area contributed by atoms with Crippen molar-refractivity contribution in [3.63, 3.8) is 0 Å².